The maximum absolute atomic E-state index is 12.4. The van der Waals surface area contributed by atoms with E-state index < -0.39 is 18.2 Å². The molecule has 0 aliphatic carbocycles. The number of rotatable bonds is 35. The van der Waals surface area contributed by atoms with Crippen LogP contribution in [0, 0.1) is 0 Å². The summed E-state index contributed by atoms with van der Waals surface area (Å²) in [6, 6.07) is -0.662. The fourth-order valence-electron chi connectivity index (χ4n) is 5.98. The number of hydrogen-bond donors (Lipinski definition) is 4. The van der Waals surface area contributed by atoms with Crippen LogP contribution >= 0.6 is 0 Å². The number of unbranched alkanes of at least 4 members (excludes halogenated alkanes) is 23. The third-order valence-corrected chi connectivity index (χ3v) is 9.05. The van der Waals surface area contributed by atoms with Crippen molar-refractivity contribution in [3.8, 4) is 0 Å². The van der Waals surface area contributed by atoms with Crippen molar-refractivity contribution in [1.82, 2.24) is 5.32 Å². The van der Waals surface area contributed by atoms with Crippen molar-refractivity contribution in [2.75, 3.05) is 6.61 Å². The lowest BCUT2D eigenvalue weighted by atomic mass is 10.0. The van der Waals surface area contributed by atoms with Crippen LogP contribution in [-0.4, -0.2) is 46.1 Å². The molecular formula is C40H77NO4. The fourth-order valence-corrected chi connectivity index (χ4v) is 5.98. The number of amides is 1. The lowest BCUT2D eigenvalue weighted by molar-refractivity contribution is -0.125. The molecule has 0 fully saturated rings. The van der Waals surface area contributed by atoms with Gasteiger partial charge in [-0.25, -0.2) is 0 Å². The predicted molar refractivity (Wildman–Crippen MR) is 195 cm³/mol. The van der Waals surface area contributed by atoms with E-state index in [9.17, 15) is 20.1 Å². The van der Waals surface area contributed by atoms with E-state index in [4.69, 9.17) is 0 Å². The molecule has 0 aromatic heterocycles. The molecule has 0 rings (SSSR count). The van der Waals surface area contributed by atoms with Crippen LogP contribution in [0.1, 0.15) is 200 Å². The van der Waals surface area contributed by atoms with Gasteiger partial charge in [-0.2, -0.15) is 0 Å². The second-order valence-corrected chi connectivity index (χ2v) is 13.6. The molecule has 0 spiro atoms. The molecular weight excluding hydrogens is 558 g/mol. The molecule has 0 aromatic carbocycles. The first-order valence-electron chi connectivity index (χ1n) is 19.6. The van der Waals surface area contributed by atoms with Crippen LogP contribution in [0.3, 0.4) is 0 Å². The number of nitrogens with one attached hydrogen (secondary N) is 1. The zero-order chi connectivity index (χ0) is 33.1. The van der Waals surface area contributed by atoms with Crippen LogP contribution in [0.4, 0.5) is 0 Å². The quantitative estimate of drug-likeness (QED) is 0.0412. The zero-order valence-corrected chi connectivity index (χ0v) is 30.0. The van der Waals surface area contributed by atoms with Gasteiger partial charge in [-0.3, -0.25) is 4.79 Å². The summed E-state index contributed by atoms with van der Waals surface area (Å²) in [5.74, 6) is -0.295. The van der Waals surface area contributed by atoms with Gasteiger partial charge in [0.25, 0.3) is 0 Å². The summed E-state index contributed by atoms with van der Waals surface area (Å²) in [4.78, 5) is 12.4. The molecule has 5 nitrogen and oxygen atoms in total. The second-order valence-electron chi connectivity index (χ2n) is 13.6. The molecule has 0 saturated heterocycles. The molecule has 3 unspecified atom stereocenters. The largest absolute Gasteiger partial charge is 0.394 e. The molecule has 0 aliphatic rings. The highest BCUT2D eigenvalue weighted by molar-refractivity contribution is 5.76. The monoisotopic (exact) mass is 636 g/mol. The second kappa shape index (κ2) is 35.7. The molecule has 4 N–H and O–H groups in total. The molecule has 45 heavy (non-hydrogen) atoms. The van der Waals surface area contributed by atoms with Crippen molar-refractivity contribution >= 4 is 5.91 Å². The topological polar surface area (TPSA) is 89.8 Å². The minimum absolute atomic E-state index is 0.0235. The molecule has 0 saturated carbocycles. The normalized spacial score (nSPS) is 14.0. The highest BCUT2D eigenvalue weighted by Gasteiger charge is 2.21. The van der Waals surface area contributed by atoms with E-state index in [1.807, 2.05) is 0 Å². The average Bonchev–Trinajstić information content (AvgIpc) is 3.03. The first kappa shape index (κ1) is 43.8. The van der Waals surface area contributed by atoms with Crippen LogP contribution in [0.5, 0.6) is 0 Å². The summed E-state index contributed by atoms with van der Waals surface area (Å²) in [5, 5.41) is 33.2. The van der Waals surface area contributed by atoms with E-state index in [0.717, 1.165) is 44.9 Å². The van der Waals surface area contributed by atoms with Gasteiger partial charge in [0, 0.05) is 0 Å². The van der Waals surface area contributed by atoms with E-state index in [1.54, 1.807) is 0 Å². The Balaban J connectivity index is 3.68. The summed E-state index contributed by atoms with van der Waals surface area (Å²) in [7, 11) is 0. The van der Waals surface area contributed by atoms with Crippen LogP contribution < -0.4 is 5.32 Å². The number of aliphatic hydroxyl groups excluding tert-OH is 3. The molecule has 0 aliphatic heterocycles. The van der Waals surface area contributed by atoms with Crippen molar-refractivity contribution in [3.63, 3.8) is 0 Å². The minimum atomic E-state index is -0.752. The molecule has 5 heteroatoms. The van der Waals surface area contributed by atoms with Crippen molar-refractivity contribution in [2.24, 2.45) is 0 Å². The molecule has 0 radical (unpaired) electrons. The molecule has 0 aromatic rings. The Morgan fingerprint density at radius 2 is 0.933 bits per heavy atom. The van der Waals surface area contributed by atoms with Crippen LogP contribution in [0.2, 0.25) is 0 Å². The van der Waals surface area contributed by atoms with E-state index in [0.29, 0.717) is 12.8 Å². The Labute approximate surface area is 280 Å². The Morgan fingerprint density at radius 3 is 1.40 bits per heavy atom. The number of carbonyl (C=O) groups is 1. The predicted octanol–water partition coefficient (Wildman–Crippen LogP) is 10.7. The Kier molecular flexibility index (Phi) is 34.8. The van der Waals surface area contributed by atoms with Crippen molar-refractivity contribution < 1.29 is 20.1 Å². The highest BCUT2D eigenvalue weighted by Crippen LogP contribution is 2.16. The Morgan fingerprint density at radius 1 is 0.556 bits per heavy atom. The van der Waals surface area contributed by atoms with E-state index in [2.05, 4.69) is 43.5 Å². The first-order valence-corrected chi connectivity index (χ1v) is 19.6. The van der Waals surface area contributed by atoms with Crippen molar-refractivity contribution in [2.45, 2.75) is 218 Å². The fraction of sp³-hybridized carbons (Fsp3) is 0.875. The smallest absolute Gasteiger partial charge is 0.222 e. The summed E-state index contributed by atoms with van der Waals surface area (Å²) in [5.41, 5.74) is 0. The molecule has 0 heterocycles. The summed E-state index contributed by atoms with van der Waals surface area (Å²) < 4.78 is 0. The molecule has 266 valence electrons. The van der Waals surface area contributed by atoms with Crippen LogP contribution in [0.15, 0.2) is 24.3 Å². The average molecular weight is 636 g/mol. The van der Waals surface area contributed by atoms with Gasteiger partial charge >= 0.3 is 0 Å². The first-order chi connectivity index (χ1) is 22.0. The number of hydrogen-bond acceptors (Lipinski definition) is 4. The number of allylic oxidation sites excluding steroid dienone is 4. The van der Waals surface area contributed by atoms with E-state index >= 15 is 0 Å². The van der Waals surface area contributed by atoms with Gasteiger partial charge in [0.1, 0.15) is 0 Å². The Bertz CT molecular complexity index is 665. The maximum Gasteiger partial charge on any atom is 0.222 e. The third-order valence-electron chi connectivity index (χ3n) is 9.05. The van der Waals surface area contributed by atoms with Crippen LogP contribution in [0.25, 0.3) is 0 Å². The molecule has 3 atom stereocenters. The van der Waals surface area contributed by atoms with Gasteiger partial charge in [-0.05, 0) is 38.5 Å². The van der Waals surface area contributed by atoms with Gasteiger partial charge in [0.2, 0.25) is 5.91 Å². The van der Waals surface area contributed by atoms with Gasteiger partial charge in [0.15, 0.2) is 0 Å². The SMILES string of the molecule is CCCCC/C=C\C=C/CCCCCCC(O)CC(=O)NC(CO)C(O)CCCCCCCCCCCCCCCCCCC. The highest BCUT2D eigenvalue weighted by atomic mass is 16.3. The molecule has 1 amide bonds. The summed E-state index contributed by atoms with van der Waals surface area (Å²) >= 11 is 0. The van der Waals surface area contributed by atoms with Gasteiger partial charge in [0.05, 0.1) is 31.3 Å². The number of aliphatic hydroxyl groups is 3. The third kappa shape index (κ3) is 32.6. The van der Waals surface area contributed by atoms with Gasteiger partial charge < -0.3 is 20.6 Å². The van der Waals surface area contributed by atoms with E-state index in [-0.39, 0.29) is 18.9 Å². The van der Waals surface area contributed by atoms with Gasteiger partial charge in [-0.15, -0.1) is 0 Å². The minimum Gasteiger partial charge on any atom is -0.394 e. The maximum atomic E-state index is 12.4. The Hall–Kier alpha value is -1.17. The standard InChI is InChI=1S/C40H77NO4/c1-3-5-7-9-11-13-15-17-18-19-20-22-24-26-28-30-32-34-39(44)38(36-42)41-40(45)35-37(43)33-31-29-27-25-23-21-16-14-12-10-8-6-4-2/h12,14,16,21,37-39,42-44H,3-11,13,15,17-20,22-36H2,1-2H3,(H,41,45)/b14-12-,21-16-. The van der Waals surface area contributed by atoms with E-state index in [1.165, 1.54) is 122 Å². The van der Waals surface area contributed by atoms with Gasteiger partial charge in [-0.1, -0.05) is 179 Å². The lowest BCUT2D eigenvalue weighted by Crippen LogP contribution is -2.46. The lowest BCUT2D eigenvalue weighted by Gasteiger charge is -2.23. The summed E-state index contributed by atoms with van der Waals surface area (Å²) in [6.07, 6.45) is 41.3. The van der Waals surface area contributed by atoms with Crippen molar-refractivity contribution in [3.05, 3.63) is 24.3 Å². The van der Waals surface area contributed by atoms with Crippen molar-refractivity contribution in [1.29, 1.82) is 0 Å². The number of carbonyl (C=O) groups excluding carboxylic acids is 1. The van der Waals surface area contributed by atoms with Crippen LogP contribution in [-0.2, 0) is 4.79 Å². The summed E-state index contributed by atoms with van der Waals surface area (Å²) in [6.45, 7) is 4.22. The molecule has 0 bridgehead atoms. The zero-order valence-electron chi connectivity index (χ0n) is 30.0.